The second-order valence-electron chi connectivity index (χ2n) is 5.76. The van der Waals surface area contributed by atoms with Gasteiger partial charge in [0.1, 0.15) is 11.6 Å². The summed E-state index contributed by atoms with van der Waals surface area (Å²) in [5, 5.41) is 3.44. The standard InChI is InChI=1S/C16H25FN2O3S/c1-3-23(20,21)19(2)10-5-9-18-15-6-4-11-22-16-12-13(17)7-8-14(15)16/h7-8,12,15,18H,3-6,9-11H2,1-2H3. The Bertz CT molecular complexity index is 622. The Morgan fingerprint density at radius 3 is 2.96 bits per heavy atom. The fourth-order valence-electron chi connectivity index (χ4n) is 2.70. The summed E-state index contributed by atoms with van der Waals surface area (Å²) < 4.78 is 43.7. The molecule has 1 heterocycles. The average molecular weight is 344 g/mol. The average Bonchev–Trinajstić information content (AvgIpc) is 2.73. The molecule has 5 nitrogen and oxygen atoms in total. The molecule has 0 spiro atoms. The quantitative estimate of drug-likeness (QED) is 0.771. The highest BCUT2D eigenvalue weighted by atomic mass is 32.2. The smallest absolute Gasteiger partial charge is 0.213 e. The maximum Gasteiger partial charge on any atom is 0.213 e. The molecule has 0 saturated carbocycles. The lowest BCUT2D eigenvalue weighted by molar-refractivity contribution is 0.313. The molecule has 7 heteroatoms. The Kier molecular flexibility index (Phi) is 6.38. The van der Waals surface area contributed by atoms with E-state index in [9.17, 15) is 12.8 Å². The largest absolute Gasteiger partial charge is 0.493 e. The third-order valence-corrected chi connectivity index (χ3v) is 5.99. The van der Waals surface area contributed by atoms with Gasteiger partial charge in [0, 0.05) is 31.3 Å². The number of fused-ring (bicyclic) bond motifs is 1. The van der Waals surface area contributed by atoms with Gasteiger partial charge in [0.15, 0.2) is 0 Å². The lowest BCUT2D eigenvalue weighted by atomic mass is 10.0. The van der Waals surface area contributed by atoms with E-state index in [1.165, 1.54) is 16.4 Å². The minimum atomic E-state index is -3.12. The normalized spacial score (nSPS) is 18.3. The molecule has 1 unspecified atom stereocenters. The van der Waals surface area contributed by atoms with Gasteiger partial charge in [-0.1, -0.05) is 6.07 Å². The van der Waals surface area contributed by atoms with Crippen molar-refractivity contribution < 1.29 is 17.5 Å². The third kappa shape index (κ3) is 4.89. The number of benzene rings is 1. The van der Waals surface area contributed by atoms with Crippen molar-refractivity contribution in [3.05, 3.63) is 29.6 Å². The van der Waals surface area contributed by atoms with Crippen LogP contribution in [0.3, 0.4) is 0 Å². The molecule has 1 aliphatic rings. The highest BCUT2D eigenvalue weighted by Crippen LogP contribution is 2.31. The number of nitrogens with one attached hydrogen (secondary N) is 1. The summed E-state index contributed by atoms with van der Waals surface area (Å²) in [5.41, 5.74) is 0.971. The van der Waals surface area contributed by atoms with Crippen LogP contribution in [0, 0.1) is 5.82 Å². The Labute approximate surface area is 137 Å². The number of ether oxygens (including phenoxy) is 1. The molecular formula is C16H25FN2O3S. The van der Waals surface area contributed by atoms with Crippen molar-refractivity contribution in [2.75, 3.05) is 32.5 Å². The van der Waals surface area contributed by atoms with Crippen LogP contribution in [-0.2, 0) is 10.0 Å². The summed E-state index contributed by atoms with van der Waals surface area (Å²) >= 11 is 0. The van der Waals surface area contributed by atoms with Crippen molar-refractivity contribution in [3.63, 3.8) is 0 Å². The maximum absolute atomic E-state index is 13.3. The monoisotopic (exact) mass is 344 g/mol. The lowest BCUT2D eigenvalue weighted by Crippen LogP contribution is -2.31. The van der Waals surface area contributed by atoms with Gasteiger partial charge < -0.3 is 10.1 Å². The minimum absolute atomic E-state index is 0.112. The molecule has 0 aliphatic carbocycles. The number of nitrogens with zero attached hydrogens (tertiary/aromatic N) is 1. The number of halogens is 1. The Morgan fingerprint density at radius 2 is 2.22 bits per heavy atom. The molecule has 0 saturated heterocycles. The van der Waals surface area contributed by atoms with Crippen molar-refractivity contribution >= 4 is 10.0 Å². The van der Waals surface area contributed by atoms with Crippen molar-refractivity contribution in [1.29, 1.82) is 0 Å². The van der Waals surface area contributed by atoms with Crippen molar-refractivity contribution in [2.24, 2.45) is 0 Å². The zero-order valence-electron chi connectivity index (χ0n) is 13.7. The summed E-state index contributed by atoms with van der Waals surface area (Å²) in [6, 6.07) is 4.75. The van der Waals surface area contributed by atoms with Gasteiger partial charge in [-0.3, -0.25) is 0 Å². The number of hydrogen-bond donors (Lipinski definition) is 1. The van der Waals surface area contributed by atoms with E-state index in [1.54, 1.807) is 20.0 Å². The minimum Gasteiger partial charge on any atom is -0.493 e. The summed E-state index contributed by atoms with van der Waals surface area (Å²) in [6.45, 7) is 3.42. The van der Waals surface area contributed by atoms with E-state index in [0.29, 0.717) is 25.4 Å². The van der Waals surface area contributed by atoms with E-state index in [0.717, 1.165) is 24.8 Å². The lowest BCUT2D eigenvalue weighted by Gasteiger charge is -2.20. The van der Waals surface area contributed by atoms with E-state index < -0.39 is 10.0 Å². The van der Waals surface area contributed by atoms with Crippen molar-refractivity contribution in [3.8, 4) is 5.75 Å². The van der Waals surface area contributed by atoms with Gasteiger partial charge in [-0.15, -0.1) is 0 Å². The van der Waals surface area contributed by atoms with Crippen molar-refractivity contribution in [2.45, 2.75) is 32.2 Å². The molecule has 23 heavy (non-hydrogen) atoms. The van der Waals surface area contributed by atoms with E-state index in [2.05, 4.69) is 5.32 Å². The summed E-state index contributed by atoms with van der Waals surface area (Å²) in [7, 11) is -1.51. The third-order valence-electron chi connectivity index (χ3n) is 4.13. The van der Waals surface area contributed by atoms with Crippen LogP contribution in [0.5, 0.6) is 5.75 Å². The summed E-state index contributed by atoms with van der Waals surface area (Å²) in [5.74, 6) is 0.428. The maximum atomic E-state index is 13.3. The fourth-order valence-corrected chi connectivity index (χ4v) is 3.54. The molecule has 1 aromatic rings. The van der Waals surface area contributed by atoms with Gasteiger partial charge in [-0.25, -0.2) is 17.1 Å². The first-order chi connectivity index (χ1) is 10.9. The topological polar surface area (TPSA) is 58.6 Å². The van der Waals surface area contributed by atoms with Crippen LogP contribution in [0.15, 0.2) is 18.2 Å². The molecule has 130 valence electrons. The molecule has 1 N–H and O–H groups in total. The zero-order valence-corrected chi connectivity index (χ0v) is 14.5. The van der Waals surface area contributed by atoms with Crippen LogP contribution >= 0.6 is 0 Å². The van der Waals surface area contributed by atoms with Gasteiger partial charge in [0.05, 0.1) is 12.4 Å². The highest BCUT2D eigenvalue weighted by molar-refractivity contribution is 7.89. The van der Waals surface area contributed by atoms with Gasteiger partial charge in [0.25, 0.3) is 0 Å². The molecule has 2 rings (SSSR count). The molecular weight excluding hydrogens is 319 g/mol. The SMILES string of the molecule is CCS(=O)(=O)N(C)CCCNC1CCCOc2cc(F)ccc21. The van der Waals surface area contributed by atoms with Crippen LogP contribution in [0.2, 0.25) is 0 Å². The van der Waals surface area contributed by atoms with Gasteiger partial charge in [-0.2, -0.15) is 0 Å². The van der Waals surface area contributed by atoms with E-state index in [4.69, 9.17) is 4.74 Å². The number of sulfonamides is 1. The van der Waals surface area contributed by atoms with Gasteiger partial charge in [-0.05, 0) is 38.8 Å². The highest BCUT2D eigenvalue weighted by Gasteiger charge is 2.20. The first kappa shape index (κ1) is 18.2. The molecule has 1 atom stereocenters. The Morgan fingerprint density at radius 1 is 1.43 bits per heavy atom. The molecule has 1 aromatic carbocycles. The predicted octanol–water partition coefficient (Wildman–Crippen LogP) is 2.30. The first-order valence-electron chi connectivity index (χ1n) is 8.03. The van der Waals surface area contributed by atoms with Crippen LogP contribution in [-0.4, -0.2) is 45.2 Å². The zero-order chi connectivity index (χ0) is 16.9. The second-order valence-corrected chi connectivity index (χ2v) is 8.12. The van der Waals surface area contributed by atoms with Crippen LogP contribution in [0.25, 0.3) is 0 Å². The Hall–Kier alpha value is -1.18. The van der Waals surface area contributed by atoms with E-state index in [1.807, 2.05) is 0 Å². The Balaban J connectivity index is 1.89. The van der Waals surface area contributed by atoms with Crippen LogP contribution in [0.1, 0.15) is 37.8 Å². The molecule has 0 bridgehead atoms. The van der Waals surface area contributed by atoms with E-state index >= 15 is 0 Å². The summed E-state index contributed by atoms with van der Waals surface area (Å²) in [4.78, 5) is 0. The number of hydrogen-bond acceptors (Lipinski definition) is 4. The second kappa shape index (κ2) is 8.08. The molecule has 0 radical (unpaired) electrons. The molecule has 0 aromatic heterocycles. The van der Waals surface area contributed by atoms with Gasteiger partial charge in [0.2, 0.25) is 10.0 Å². The summed E-state index contributed by atoms with van der Waals surface area (Å²) in [6.07, 6.45) is 2.55. The molecule has 0 fully saturated rings. The number of rotatable bonds is 7. The first-order valence-corrected chi connectivity index (χ1v) is 9.64. The van der Waals surface area contributed by atoms with Crippen LogP contribution < -0.4 is 10.1 Å². The van der Waals surface area contributed by atoms with Gasteiger partial charge >= 0.3 is 0 Å². The van der Waals surface area contributed by atoms with Crippen LogP contribution in [0.4, 0.5) is 4.39 Å². The fraction of sp³-hybridized carbons (Fsp3) is 0.625. The molecule has 0 amide bonds. The predicted molar refractivity (Wildman–Crippen MR) is 88.6 cm³/mol. The van der Waals surface area contributed by atoms with E-state index in [-0.39, 0.29) is 17.6 Å². The van der Waals surface area contributed by atoms with Crippen molar-refractivity contribution in [1.82, 2.24) is 9.62 Å². The molecule has 1 aliphatic heterocycles.